The Labute approximate surface area is 175 Å². The topological polar surface area (TPSA) is 58.3 Å². The number of amides is 2. The van der Waals surface area contributed by atoms with Gasteiger partial charge in [-0.25, -0.2) is 0 Å². The highest BCUT2D eigenvalue weighted by atomic mass is 16.2. The smallest absolute Gasteiger partial charge is 0.279 e. The molecule has 6 heteroatoms. The summed E-state index contributed by atoms with van der Waals surface area (Å²) in [7, 11) is 0. The normalized spacial score (nSPS) is 27.5. The molecule has 2 unspecified atom stereocenters. The monoisotopic (exact) mass is 402 g/mol. The van der Waals surface area contributed by atoms with Gasteiger partial charge in [-0.1, -0.05) is 12.1 Å². The lowest BCUT2D eigenvalue weighted by molar-refractivity contribution is -1.00. The molecule has 2 aliphatic rings. The first-order valence-electron chi connectivity index (χ1n) is 11.2. The Morgan fingerprint density at radius 3 is 2.21 bits per heavy atom. The summed E-state index contributed by atoms with van der Waals surface area (Å²) in [5.41, 5.74) is 3.23. The fourth-order valence-electron chi connectivity index (χ4n) is 4.84. The molecule has 2 atom stereocenters. The van der Waals surface area contributed by atoms with Crippen molar-refractivity contribution in [3.8, 4) is 0 Å². The SMILES string of the molecule is Cc1cccc(NC(=O)C[NH+]2CC[NH+](CC(=O)N3C(C)CCCC3C)CC2)c1C. The first kappa shape index (κ1) is 21.8. The maximum atomic E-state index is 12.8. The summed E-state index contributed by atoms with van der Waals surface area (Å²) >= 11 is 0. The number of piperazine rings is 1. The molecule has 2 fully saturated rings. The van der Waals surface area contributed by atoms with E-state index in [1.165, 1.54) is 21.8 Å². The van der Waals surface area contributed by atoms with Crippen LogP contribution in [0.5, 0.6) is 0 Å². The third-order valence-electron chi connectivity index (χ3n) is 6.84. The molecule has 2 aliphatic heterocycles. The Kier molecular flexibility index (Phi) is 7.30. The van der Waals surface area contributed by atoms with Gasteiger partial charge in [-0.2, -0.15) is 0 Å². The summed E-state index contributed by atoms with van der Waals surface area (Å²) in [6.45, 7) is 13.3. The molecule has 0 saturated carbocycles. The molecular formula is C23H38N4O2+2. The Morgan fingerprint density at radius 1 is 1.00 bits per heavy atom. The molecule has 3 rings (SSSR count). The van der Waals surface area contributed by atoms with E-state index in [0.717, 1.165) is 50.3 Å². The second kappa shape index (κ2) is 9.72. The minimum absolute atomic E-state index is 0.0733. The van der Waals surface area contributed by atoms with Crippen molar-refractivity contribution in [1.29, 1.82) is 0 Å². The molecule has 0 aromatic heterocycles. The third kappa shape index (κ3) is 5.58. The fraction of sp³-hybridized carbons (Fsp3) is 0.652. The number of hydrogen-bond acceptors (Lipinski definition) is 2. The molecule has 6 nitrogen and oxygen atoms in total. The van der Waals surface area contributed by atoms with E-state index in [2.05, 4.69) is 37.1 Å². The van der Waals surface area contributed by atoms with Crippen LogP contribution in [0.1, 0.15) is 44.2 Å². The molecule has 0 spiro atoms. The minimum atomic E-state index is 0.0733. The number of quaternary nitrogens is 2. The highest BCUT2D eigenvalue weighted by Crippen LogP contribution is 2.22. The maximum absolute atomic E-state index is 12.8. The first-order chi connectivity index (χ1) is 13.8. The van der Waals surface area contributed by atoms with Crippen molar-refractivity contribution in [3.63, 3.8) is 0 Å². The molecule has 160 valence electrons. The molecule has 1 aromatic rings. The summed E-state index contributed by atoms with van der Waals surface area (Å²) in [4.78, 5) is 30.1. The van der Waals surface area contributed by atoms with E-state index in [9.17, 15) is 9.59 Å². The fourth-order valence-corrected chi connectivity index (χ4v) is 4.84. The highest BCUT2D eigenvalue weighted by molar-refractivity contribution is 5.92. The Bertz CT molecular complexity index is 718. The van der Waals surface area contributed by atoms with Gasteiger partial charge in [-0.15, -0.1) is 0 Å². The van der Waals surface area contributed by atoms with E-state index in [0.29, 0.717) is 31.1 Å². The second-order valence-corrected chi connectivity index (χ2v) is 9.08. The van der Waals surface area contributed by atoms with Crippen molar-refractivity contribution in [2.24, 2.45) is 0 Å². The van der Waals surface area contributed by atoms with Crippen molar-refractivity contribution in [3.05, 3.63) is 29.3 Å². The van der Waals surface area contributed by atoms with Crippen molar-refractivity contribution in [2.75, 3.05) is 44.6 Å². The number of nitrogens with zero attached hydrogens (tertiary/aromatic N) is 1. The van der Waals surface area contributed by atoms with Gasteiger partial charge in [0.2, 0.25) is 0 Å². The van der Waals surface area contributed by atoms with Crippen LogP contribution in [0.25, 0.3) is 0 Å². The van der Waals surface area contributed by atoms with Crippen LogP contribution in [0.15, 0.2) is 18.2 Å². The van der Waals surface area contributed by atoms with Gasteiger partial charge in [0.15, 0.2) is 13.1 Å². The summed E-state index contributed by atoms with van der Waals surface area (Å²) < 4.78 is 0. The van der Waals surface area contributed by atoms with E-state index in [4.69, 9.17) is 0 Å². The molecule has 29 heavy (non-hydrogen) atoms. The van der Waals surface area contributed by atoms with Gasteiger partial charge in [0, 0.05) is 17.8 Å². The van der Waals surface area contributed by atoms with E-state index >= 15 is 0 Å². The molecule has 2 heterocycles. The van der Waals surface area contributed by atoms with E-state index in [-0.39, 0.29) is 5.91 Å². The quantitative estimate of drug-likeness (QED) is 0.640. The van der Waals surface area contributed by atoms with E-state index in [1.807, 2.05) is 19.1 Å². The van der Waals surface area contributed by atoms with E-state index < -0.39 is 0 Å². The molecule has 0 radical (unpaired) electrons. The van der Waals surface area contributed by atoms with Crippen LogP contribution < -0.4 is 15.1 Å². The van der Waals surface area contributed by atoms with Gasteiger partial charge in [0.05, 0.1) is 0 Å². The van der Waals surface area contributed by atoms with Gasteiger partial charge in [0.25, 0.3) is 11.8 Å². The summed E-state index contributed by atoms with van der Waals surface area (Å²) in [5, 5.41) is 3.07. The van der Waals surface area contributed by atoms with Gasteiger partial charge in [-0.3, -0.25) is 9.59 Å². The lowest BCUT2D eigenvalue weighted by Crippen LogP contribution is -3.28. The Morgan fingerprint density at radius 2 is 1.59 bits per heavy atom. The lowest BCUT2D eigenvalue weighted by Gasteiger charge is -2.39. The van der Waals surface area contributed by atoms with Gasteiger partial charge in [0.1, 0.15) is 26.2 Å². The molecule has 0 aliphatic carbocycles. The first-order valence-corrected chi connectivity index (χ1v) is 11.2. The van der Waals surface area contributed by atoms with Gasteiger partial charge < -0.3 is 20.0 Å². The lowest BCUT2D eigenvalue weighted by atomic mass is 9.97. The average Bonchev–Trinajstić information content (AvgIpc) is 2.67. The highest BCUT2D eigenvalue weighted by Gasteiger charge is 2.33. The molecule has 1 aromatic carbocycles. The van der Waals surface area contributed by atoms with Crippen LogP contribution in [-0.2, 0) is 9.59 Å². The predicted molar refractivity (Wildman–Crippen MR) is 115 cm³/mol. The van der Waals surface area contributed by atoms with Crippen molar-refractivity contribution < 1.29 is 19.4 Å². The number of aryl methyl sites for hydroxylation is 1. The summed E-state index contributed by atoms with van der Waals surface area (Å²) in [6.07, 6.45) is 3.48. The van der Waals surface area contributed by atoms with Crippen LogP contribution in [0.3, 0.4) is 0 Å². The van der Waals surface area contributed by atoms with Crippen LogP contribution in [-0.4, -0.2) is 68.1 Å². The number of hydrogen-bond donors (Lipinski definition) is 3. The maximum Gasteiger partial charge on any atom is 0.279 e. The number of piperidine rings is 1. The largest absolute Gasteiger partial charge is 0.332 e. The van der Waals surface area contributed by atoms with Crippen LogP contribution in [0, 0.1) is 13.8 Å². The summed E-state index contributed by atoms with van der Waals surface area (Å²) in [6, 6.07) is 6.74. The zero-order valence-corrected chi connectivity index (χ0v) is 18.5. The number of nitrogens with one attached hydrogen (secondary N) is 3. The number of benzene rings is 1. The van der Waals surface area contributed by atoms with Crippen LogP contribution in [0.2, 0.25) is 0 Å². The van der Waals surface area contributed by atoms with Crippen molar-refractivity contribution in [2.45, 2.75) is 59.0 Å². The van der Waals surface area contributed by atoms with Crippen LogP contribution >= 0.6 is 0 Å². The summed E-state index contributed by atoms with van der Waals surface area (Å²) in [5.74, 6) is 0.375. The average molecular weight is 403 g/mol. The zero-order valence-electron chi connectivity index (χ0n) is 18.5. The van der Waals surface area contributed by atoms with Crippen molar-refractivity contribution >= 4 is 17.5 Å². The molecule has 0 bridgehead atoms. The number of carbonyl (C=O) groups excluding carboxylic acids is 2. The molecule has 3 N–H and O–H groups in total. The predicted octanol–water partition coefficient (Wildman–Crippen LogP) is -0.185. The minimum Gasteiger partial charge on any atom is -0.332 e. The number of rotatable bonds is 5. The number of carbonyl (C=O) groups is 2. The zero-order chi connectivity index (χ0) is 21.0. The number of anilines is 1. The molecule has 2 saturated heterocycles. The Balaban J connectivity index is 1.43. The molecular weight excluding hydrogens is 364 g/mol. The third-order valence-corrected chi connectivity index (χ3v) is 6.84. The Hall–Kier alpha value is -1.92. The standard InChI is InChI=1S/C23H36N4O2/c1-17-7-5-10-21(20(17)4)24-22(28)15-25-11-13-26(14-12-25)16-23(29)27-18(2)8-6-9-19(27)3/h5,7,10,18-19H,6,8-9,11-16H2,1-4H3,(H,24,28)/p+2. The van der Waals surface area contributed by atoms with Gasteiger partial charge in [-0.05, 0) is 64.2 Å². The van der Waals surface area contributed by atoms with Gasteiger partial charge >= 0.3 is 0 Å². The second-order valence-electron chi connectivity index (χ2n) is 9.08. The number of likely N-dealkylation sites (tertiary alicyclic amines) is 1. The molecule has 2 amide bonds. The van der Waals surface area contributed by atoms with E-state index in [1.54, 1.807) is 0 Å². The van der Waals surface area contributed by atoms with Crippen molar-refractivity contribution in [1.82, 2.24) is 4.90 Å². The van der Waals surface area contributed by atoms with Crippen LogP contribution in [0.4, 0.5) is 5.69 Å².